The second-order valence-electron chi connectivity index (χ2n) is 7.01. The number of aromatic nitrogens is 5. The molecule has 4 aromatic rings. The molecule has 10 nitrogen and oxygen atoms in total. The van der Waals surface area contributed by atoms with Crippen LogP contribution < -0.4 is 19.5 Å². The number of hydrogen-bond donors (Lipinski definition) is 1. The highest BCUT2D eigenvalue weighted by Gasteiger charge is 2.13. The van der Waals surface area contributed by atoms with Crippen LogP contribution in [0.1, 0.15) is 11.4 Å². The number of nitrogens with zero attached hydrogens (tertiary/aromatic N) is 5. The number of anilines is 1. The molecule has 0 spiro atoms. The summed E-state index contributed by atoms with van der Waals surface area (Å²) in [6, 6.07) is 8.78. The Morgan fingerprint density at radius 1 is 1.06 bits per heavy atom. The van der Waals surface area contributed by atoms with Gasteiger partial charge >= 0.3 is 0 Å². The van der Waals surface area contributed by atoms with Crippen LogP contribution in [0.3, 0.4) is 0 Å². The van der Waals surface area contributed by atoms with Crippen LogP contribution in [-0.2, 0) is 18.3 Å². The van der Waals surface area contributed by atoms with Gasteiger partial charge in [0.05, 0.1) is 37.7 Å². The van der Waals surface area contributed by atoms with Crippen molar-refractivity contribution in [2.45, 2.75) is 13.3 Å². The molecule has 1 aromatic carbocycles. The molecule has 164 valence electrons. The van der Waals surface area contributed by atoms with E-state index in [0.717, 1.165) is 5.69 Å². The molecule has 0 radical (unpaired) electrons. The monoisotopic (exact) mass is 434 g/mol. The van der Waals surface area contributed by atoms with Crippen molar-refractivity contribution in [2.75, 3.05) is 19.5 Å². The van der Waals surface area contributed by atoms with Crippen molar-refractivity contribution < 1.29 is 19.0 Å². The highest BCUT2D eigenvalue weighted by Crippen LogP contribution is 2.35. The molecule has 0 fully saturated rings. The maximum Gasteiger partial charge on any atom is 0.231 e. The second-order valence-corrected chi connectivity index (χ2v) is 7.01. The molecular weight excluding hydrogens is 412 g/mol. The van der Waals surface area contributed by atoms with Crippen LogP contribution in [0.25, 0.3) is 10.9 Å². The van der Waals surface area contributed by atoms with Gasteiger partial charge in [0.15, 0.2) is 17.3 Å². The predicted molar refractivity (Wildman–Crippen MR) is 117 cm³/mol. The number of carbonyl (C=O) groups is 1. The van der Waals surface area contributed by atoms with Gasteiger partial charge in [-0.3, -0.25) is 14.5 Å². The van der Waals surface area contributed by atoms with E-state index in [-0.39, 0.29) is 12.3 Å². The molecule has 3 aromatic heterocycles. The van der Waals surface area contributed by atoms with E-state index in [1.165, 1.54) is 6.33 Å². The summed E-state index contributed by atoms with van der Waals surface area (Å²) >= 11 is 0. The number of ether oxygens (including phenoxy) is 3. The van der Waals surface area contributed by atoms with E-state index in [1.807, 2.05) is 14.0 Å². The van der Waals surface area contributed by atoms with Gasteiger partial charge in [-0.2, -0.15) is 5.10 Å². The van der Waals surface area contributed by atoms with E-state index >= 15 is 0 Å². The highest BCUT2D eigenvalue weighted by atomic mass is 16.5. The minimum absolute atomic E-state index is 0.114. The summed E-state index contributed by atoms with van der Waals surface area (Å²) in [5.41, 5.74) is 2.20. The molecule has 0 aliphatic rings. The van der Waals surface area contributed by atoms with Gasteiger partial charge in [-0.25, -0.2) is 9.97 Å². The summed E-state index contributed by atoms with van der Waals surface area (Å²) in [5, 5.41) is 7.65. The van der Waals surface area contributed by atoms with E-state index in [1.54, 1.807) is 55.4 Å². The standard InChI is InChI=1S/C22H22N6O4/c1-13-7-20(27-28(13)2)26-21(29)8-14-5-6-15(11-23-14)32-22-16-9-18(30-3)19(31-4)10-17(16)24-12-25-22/h5-7,9-12H,8H2,1-4H3,(H,26,27,29). The maximum absolute atomic E-state index is 12.3. The Kier molecular flexibility index (Phi) is 5.84. The molecular formula is C22H22N6O4. The lowest BCUT2D eigenvalue weighted by molar-refractivity contribution is -0.115. The maximum atomic E-state index is 12.3. The van der Waals surface area contributed by atoms with Crippen LogP contribution in [0.15, 0.2) is 42.9 Å². The van der Waals surface area contributed by atoms with Gasteiger partial charge in [-0.15, -0.1) is 0 Å². The fraction of sp³-hybridized carbons (Fsp3) is 0.227. The van der Waals surface area contributed by atoms with Crippen molar-refractivity contribution in [3.63, 3.8) is 0 Å². The largest absolute Gasteiger partial charge is 0.493 e. The number of carbonyl (C=O) groups excluding carboxylic acids is 1. The molecule has 0 unspecified atom stereocenters. The summed E-state index contributed by atoms with van der Waals surface area (Å²) in [6.45, 7) is 1.91. The molecule has 4 rings (SSSR count). The van der Waals surface area contributed by atoms with Gasteiger partial charge in [-0.1, -0.05) is 0 Å². The van der Waals surface area contributed by atoms with Crippen LogP contribution in [0.4, 0.5) is 5.82 Å². The topological polar surface area (TPSA) is 113 Å². The van der Waals surface area contributed by atoms with Crippen molar-refractivity contribution >= 4 is 22.6 Å². The fourth-order valence-corrected chi connectivity index (χ4v) is 3.10. The molecule has 32 heavy (non-hydrogen) atoms. The summed E-state index contributed by atoms with van der Waals surface area (Å²) < 4.78 is 18.3. The first-order valence-electron chi connectivity index (χ1n) is 9.77. The molecule has 0 bridgehead atoms. The third kappa shape index (κ3) is 4.43. The SMILES string of the molecule is COc1cc2ncnc(Oc3ccc(CC(=O)Nc4cc(C)n(C)n4)nc3)c2cc1OC. The van der Waals surface area contributed by atoms with E-state index in [2.05, 4.69) is 25.4 Å². The first kappa shape index (κ1) is 21.0. The van der Waals surface area contributed by atoms with Crippen molar-refractivity contribution in [2.24, 2.45) is 7.05 Å². The second kappa shape index (κ2) is 8.88. The first-order chi connectivity index (χ1) is 15.5. The lowest BCUT2D eigenvalue weighted by atomic mass is 10.2. The molecule has 0 aliphatic heterocycles. The zero-order valence-corrected chi connectivity index (χ0v) is 18.1. The van der Waals surface area contributed by atoms with Gasteiger partial charge in [0.25, 0.3) is 0 Å². The summed E-state index contributed by atoms with van der Waals surface area (Å²) in [5.74, 6) is 2.25. The number of fused-ring (bicyclic) bond motifs is 1. The van der Waals surface area contributed by atoms with Crippen molar-refractivity contribution in [3.05, 3.63) is 54.2 Å². The molecule has 10 heteroatoms. The Balaban J connectivity index is 1.47. The highest BCUT2D eigenvalue weighted by molar-refractivity contribution is 5.91. The van der Waals surface area contributed by atoms with Gasteiger partial charge in [0.2, 0.25) is 11.8 Å². The number of methoxy groups -OCH3 is 2. The Morgan fingerprint density at radius 3 is 2.50 bits per heavy atom. The van der Waals surface area contributed by atoms with Crippen LogP contribution in [-0.4, -0.2) is 44.9 Å². The molecule has 0 atom stereocenters. The van der Waals surface area contributed by atoms with Crippen LogP contribution in [0.5, 0.6) is 23.1 Å². The number of nitrogens with one attached hydrogen (secondary N) is 1. The summed E-state index contributed by atoms with van der Waals surface area (Å²) in [7, 11) is 4.94. The normalized spacial score (nSPS) is 10.8. The molecule has 3 heterocycles. The molecule has 1 N–H and O–H groups in total. The van der Waals surface area contributed by atoms with E-state index < -0.39 is 0 Å². The number of hydrogen-bond acceptors (Lipinski definition) is 8. The van der Waals surface area contributed by atoms with Gasteiger partial charge in [0.1, 0.15) is 12.1 Å². The minimum atomic E-state index is -0.202. The third-order valence-corrected chi connectivity index (χ3v) is 4.84. The smallest absolute Gasteiger partial charge is 0.231 e. The van der Waals surface area contributed by atoms with Gasteiger partial charge in [-0.05, 0) is 25.1 Å². The van der Waals surface area contributed by atoms with Gasteiger partial charge in [0, 0.05) is 30.6 Å². The predicted octanol–water partition coefficient (Wildman–Crippen LogP) is 3.06. The average Bonchev–Trinajstić information content (AvgIpc) is 3.10. The number of aryl methyl sites for hydroxylation is 2. The Morgan fingerprint density at radius 2 is 1.84 bits per heavy atom. The average molecular weight is 434 g/mol. The Bertz CT molecular complexity index is 1250. The quantitative estimate of drug-likeness (QED) is 0.472. The zero-order valence-electron chi connectivity index (χ0n) is 18.1. The molecule has 0 saturated heterocycles. The van der Waals surface area contributed by atoms with Crippen LogP contribution in [0, 0.1) is 6.92 Å². The number of amides is 1. The molecule has 0 saturated carbocycles. The number of rotatable bonds is 7. The van der Waals surface area contributed by atoms with Gasteiger partial charge < -0.3 is 19.5 Å². The van der Waals surface area contributed by atoms with E-state index in [9.17, 15) is 4.79 Å². The summed E-state index contributed by atoms with van der Waals surface area (Å²) in [4.78, 5) is 25.1. The first-order valence-corrected chi connectivity index (χ1v) is 9.77. The van der Waals surface area contributed by atoms with Crippen LogP contribution >= 0.6 is 0 Å². The third-order valence-electron chi connectivity index (χ3n) is 4.84. The van der Waals surface area contributed by atoms with Crippen molar-refractivity contribution in [3.8, 4) is 23.1 Å². The minimum Gasteiger partial charge on any atom is -0.493 e. The fourth-order valence-electron chi connectivity index (χ4n) is 3.10. The van der Waals surface area contributed by atoms with Crippen molar-refractivity contribution in [1.29, 1.82) is 0 Å². The number of pyridine rings is 1. The Labute approximate surface area is 184 Å². The molecule has 1 amide bonds. The zero-order chi connectivity index (χ0) is 22.7. The number of benzene rings is 1. The summed E-state index contributed by atoms with van der Waals surface area (Å²) in [6.07, 6.45) is 3.07. The lowest BCUT2D eigenvalue weighted by Gasteiger charge is -2.11. The van der Waals surface area contributed by atoms with Crippen molar-refractivity contribution in [1.82, 2.24) is 24.7 Å². The lowest BCUT2D eigenvalue weighted by Crippen LogP contribution is -2.15. The van der Waals surface area contributed by atoms with Crippen LogP contribution in [0.2, 0.25) is 0 Å². The van der Waals surface area contributed by atoms with E-state index in [0.29, 0.717) is 45.5 Å². The van der Waals surface area contributed by atoms with E-state index in [4.69, 9.17) is 14.2 Å². The Hall–Kier alpha value is -4.21. The molecule has 0 aliphatic carbocycles.